The lowest BCUT2D eigenvalue weighted by atomic mass is 10.2. The third-order valence-corrected chi connectivity index (χ3v) is 6.03. The van der Waals surface area contributed by atoms with Gasteiger partial charge in [-0.15, -0.1) is 0 Å². The summed E-state index contributed by atoms with van der Waals surface area (Å²) < 4.78 is 11.7. The number of carbonyl (C=O) groups is 1. The monoisotopic (exact) mass is 548 g/mol. The molecule has 8 nitrogen and oxygen atoms in total. The van der Waals surface area contributed by atoms with Gasteiger partial charge in [0.25, 0.3) is 0 Å². The highest BCUT2D eigenvalue weighted by Gasteiger charge is 2.09. The van der Waals surface area contributed by atoms with Crippen LogP contribution in [-0.2, 0) is 0 Å². The van der Waals surface area contributed by atoms with Crippen molar-refractivity contribution < 1.29 is 19.4 Å². The van der Waals surface area contributed by atoms with Crippen LogP contribution in [0.5, 0.6) is 11.5 Å². The Morgan fingerprint density at radius 2 is 1.45 bits per heavy atom. The molecular weight excluding hydrogens is 532 g/mol. The first-order valence-electron chi connectivity index (χ1n) is 8.84. The van der Waals surface area contributed by atoms with Crippen molar-refractivity contribution >= 4 is 71.1 Å². The molecule has 4 aromatic rings. The number of rotatable bonds is 3. The second kappa shape index (κ2) is 9.80. The zero-order valence-electron chi connectivity index (χ0n) is 16.5. The fraction of sp³-hybridized carbons (Fsp3) is 0.0952. The quantitative estimate of drug-likeness (QED) is 0.300. The number of nitrogen functional groups attached to an aromatic ring is 1. The van der Waals surface area contributed by atoms with Crippen molar-refractivity contribution in [1.82, 2.24) is 9.97 Å². The predicted octanol–water partition coefficient (Wildman–Crippen LogP) is 5.68. The Bertz CT molecular complexity index is 1270. The molecule has 0 fully saturated rings. The highest BCUT2D eigenvalue weighted by Crippen LogP contribution is 2.32. The van der Waals surface area contributed by atoms with Crippen molar-refractivity contribution in [1.29, 1.82) is 0 Å². The van der Waals surface area contributed by atoms with Gasteiger partial charge in [-0.3, -0.25) is 15.3 Å². The first-order chi connectivity index (χ1) is 14.8. The van der Waals surface area contributed by atoms with Crippen molar-refractivity contribution in [2.24, 2.45) is 0 Å². The molecule has 10 heteroatoms. The van der Waals surface area contributed by atoms with E-state index in [1.165, 1.54) is 6.20 Å². The number of hydrogen-bond acceptors (Lipinski definition) is 6. The van der Waals surface area contributed by atoms with Gasteiger partial charge in [-0.25, -0.2) is 4.79 Å². The summed E-state index contributed by atoms with van der Waals surface area (Å²) in [6, 6.07) is 11.1. The van der Waals surface area contributed by atoms with Gasteiger partial charge in [0.15, 0.2) is 0 Å². The molecule has 0 spiro atoms. The molecule has 0 atom stereocenters. The maximum Gasteiger partial charge on any atom is 0.409 e. The van der Waals surface area contributed by atoms with Crippen LogP contribution in [0.2, 0.25) is 0 Å². The number of methoxy groups -OCH3 is 2. The number of anilines is 2. The highest BCUT2D eigenvalue weighted by atomic mass is 79.9. The largest absolute Gasteiger partial charge is 0.497 e. The molecule has 0 radical (unpaired) electrons. The summed E-state index contributed by atoms with van der Waals surface area (Å²) in [4.78, 5) is 19.0. The van der Waals surface area contributed by atoms with Crippen LogP contribution in [0.25, 0.3) is 21.8 Å². The molecule has 160 valence electrons. The lowest BCUT2D eigenvalue weighted by molar-refractivity contribution is 0.209. The van der Waals surface area contributed by atoms with Gasteiger partial charge in [-0.1, -0.05) is 0 Å². The molecule has 0 saturated heterocycles. The average molecular weight is 550 g/mol. The van der Waals surface area contributed by atoms with Gasteiger partial charge in [-0.2, -0.15) is 0 Å². The van der Waals surface area contributed by atoms with Crippen LogP contribution in [0.3, 0.4) is 0 Å². The second-order valence-corrected chi connectivity index (χ2v) is 7.80. The number of pyridine rings is 2. The Labute approximate surface area is 194 Å². The minimum atomic E-state index is -1.13. The van der Waals surface area contributed by atoms with Crippen molar-refractivity contribution in [2.45, 2.75) is 0 Å². The van der Waals surface area contributed by atoms with E-state index in [4.69, 9.17) is 20.3 Å². The second-order valence-electron chi connectivity index (χ2n) is 6.21. The number of benzene rings is 2. The van der Waals surface area contributed by atoms with E-state index in [-0.39, 0.29) is 0 Å². The number of nitrogens with two attached hydrogens (primary N) is 1. The lowest BCUT2D eigenvalue weighted by Gasteiger charge is -2.08. The maximum absolute atomic E-state index is 10.6. The van der Waals surface area contributed by atoms with E-state index in [0.717, 1.165) is 32.0 Å². The molecule has 2 aromatic heterocycles. The fourth-order valence-corrected chi connectivity index (χ4v) is 3.69. The molecular formula is C21H18Br2N4O4. The molecule has 0 unspecified atom stereocenters. The number of amides is 1. The van der Waals surface area contributed by atoms with Crippen LogP contribution in [0, 0.1) is 0 Å². The third-order valence-electron chi connectivity index (χ3n) is 4.29. The zero-order valence-corrected chi connectivity index (χ0v) is 19.7. The third kappa shape index (κ3) is 5.15. The summed E-state index contributed by atoms with van der Waals surface area (Å²) in [5.74, 6) is 1.48. The maximum atomic E-state index is 10.6. The van der Waals surface area contributed by atoms with Crippen LogP contribution < -0.4 is 20.5 Å². The summed E-state index contributed by atoms with van der Waals surface area (Å²) in [6.07, 6.45) is 1.97. The van der Waals surface area contributed by atoms with Crippen molar-refractivity contribution in [3.63, 3.8) is 0 Å². The van der Waals surface area contributed by atoms with Crippen molar-refractivity contribution in [3.05, 3.63) is 57.7 Å². The molecule has 0 aliphatic heterocycles. The number of nitrogens with zero attached hydrogens (tertiary/aromatic N) is 2. The number of aromatic nitrogens is 2. The molecule has 31 heavy (non-hydrogen) atoms. The lowest BCUT2D eigenvalue weighted by Crippen LogP contribution is -2.08. The molecule has 2 heterocycles. The minimum Gasteiger partial charge on any atom is -0.497 e. The van der Waals surface area contributed by atoms with Crippen LogP contribution in [-0.4, -0.2) is 35.4 Å². The fourth-order valence-electron chi connectivity index (χ4n) is 2.75. The van der Waals surface area contributed by atoms with Gasteiger partial charge in [0.2, 0.25) is 0 Å². The van der Waals surface area contributed by atoms with Crippen LogP contribution in [0.4, 0.5) is 16.2 Å². The van der Waals surface area contributed by atoms with Gasteiger partial charge in [0.1, 0.15) is 11.5 Å². The summed E-state index contributed by atoms with van der Waals surface area (Å²) in [6.45, 7) is 0. The molecule has 4 rings (SSSR count). The number of carboxylic acid groups (broad SMARTS) is 1. The summed E-state index contributed by atoms with van der Waals surface area (Å²) >= 11 is 6.78. The topological polar surface area (TPSA) is 120 Å². The normalized spacial score (nSPS) is 10.3. The Balaban J connectivity index is 0.000000179. The highest BCUT2D eigenvalue weighted by molar-refractivity contribution is 9.11. The molecule has 4 N–H and O–H groups in total. The Morgan fingerprint density at radius 3 is 1.97 bits per heavy atom. The number of ether oxygens (including phenoxy) is 2. The van der Waals surface area contributed by atoms with E-state index in [9.17, 15) is 4.79 Å². The van der Waals surface area contributed by atoms with Gasteiger partial charge in [0, 0.05) is 10.8 Å². The number of hydrogen-bond donors (Lipinski definition) is 3. The van der Waals surface area contributed by atoms with E-state index in [1.807, 2.05) is 24.3 Å². The van der Waals surface area contributed by atoms with Crippen molar-refractivity contribution in [3.8, 4) is 11.5 Å². The number of fused-ring (bicyclic) bond motifs is 2. The minimum absolute atomic E-state index is 0.401. The van der Waals surface area contributed by atoms with Crippen LogP contribution in [0.15, 0.2) is 57.7 Å². The Morgan fingerprint density at radius 1 is 0.935 bits per heavy atom. The van der Waals surface area contributed by atoms with E-state index in [0.29, 0.717) is 21.6 Å². The van der Waals surface area contributed by atoms with Crippen LogP contribution in [0.1, 0.15) is 0 Å². The van der Waals surface area contributed by atoms with E-state index in [1.54, 1.807) is 32.5 Å². The van der Waals surface area contributed by atoms with Crippen molar-refractivity contribution in [2.75, 3.05) is 25.3 Å². The number of halogens is 2. The molecule has 1 amide bonds. The van der Waals surface area contributed by atoms with Gasteiger partial charge < -0.3 is 20.3 Å². The number of nitrogens with one attached hydrogen (secondary N) is 1. The Kier molecular flexibility index (Phi) is 7.13. The molecule has 0 aliphatic rings. The van der Waals surface area contributed by atoms with E-state index < -0.39 is 6.09 Å². The summed E-state index contributed by atoms with van der Waals surface area (Å²) in [5, 5.41) is 12.7. The standard InChI is InChI=1S/C11H9BrN2O3.C10H9BrN2O/c1-17-6-2-3-8-7(4-6)10(12)9(5-13-8)14-11(15)16;1-14-6-2-3-9-7(4-6)10(11)8(12)5-13-9/h2-5,14H,1H3,(H,15,16);2-5H,12H2,1H3. The first kappa shape index (κ1) is 22.6. The summed E-state index contributed by atoms with van der Waals surface area (Å²) in [5.41, 5.74) is 8.41. The van der Waals surface area contributed by atoms with Gasteiger partial charge in [0.05, 0.1) is 58.0 Å². The molecule has 0 saturated carbocycles. The molecule has 0 bridgehead atoms. The summed E-state index contributed by atoms with van der Waals surface area (Å²) in [7, 11) is 3.21. The predicted molar refractivity (Wildman–Crippen MR) is 128 cm³/mol. The smallest absolute Gasteiger partial charge is 0.409 e. The molecule has 0 aliphatic carbocycles. The first-order valence-corrected chi connectivity index (χ1v) is 10.4. The van der Waals surface area contributed by atoms with E-state index >= 15 is 0 Å². The van der Waals surface area contributed by atoms with E-state index in [2.05, 4.69) is 47.1 Å². The Hall–Kier alpha value is -3.11. The van der Waals surface area contributed by atoms with Gasteiger partial charge >= 0.3 is 6.09 Å². The average Bonchev–Trinajstić information content (AvgIpc) is 2.78. The zero-order chi connectivity index (χ0) is 22.5. The van der Waals surface area contributed by atoms with Crippen LogP contribution >= 0.6 is 31.9 Å². The SMILES string of the molecule is COc1ccc2ncc(N)c(Br)c2c1.COc1ccc2ncc(NC(=O)O)c(Br)c2c1. The van der Waals surface area contributed by atoms with Gasteiger partial charge in [-0.05, 0) is 68.3 Å². The molecule has 2 aromatic carbocycles.